The summed E-state index contributed by atoms with van der Waals surface area (Å²) in [5.74, 6) is 1.27. The predicted octanol–water partition coefficient (Wildman–Crippen LogP) is 10.4. The van der Waals surface area contributed by atoms with Gasteiger partial charge in [-0.2, -0.15) is 0 Å². The van der Waals surface area contributed by atoms with Crippen LogP contribution in [0.2, 0.25) is 0 Å². The van der Waals surface area contributed by atoms with Crippen molar-refractivity contribution in [2.45, 2.75) is 128 Å². The Kier molecular flexibility index (Phi) is 10.9. The molecule has 0 spiro atoms. The molecule has 5 heteroatoms. The third-order valence-electron chi connectivity index (χ3n) is 9.32. The van der Waals surface area contributed by atoms with Gasteiger partial charge in [-0.1, -0.05) is 120 Å². The van der Waals surface area contributed by atoms with Crippen molar-refractivity contribution < 1.29 is 9.47 Å². The van der Waals surface area contributed by atoms with Crippen molar-refractivity contribution in [3.8, 4) is 0 Å². The molecular formula is C39H51N3O2. The molecule has 2 aromatic carbocycles. The first kappa shape index (κ1) is 31.9. The number of hydrogen-bond donors (Lipinski definition) is 0. The summed E-state index contributed by atoms with van der Waals surface area (Å²) in [6.07, 6.45) is 12.8. The lowest BCUT2D eigenvalue weighted by Gasteiger charge is -2.34. The number of hydrogen-bond acceptors (Lipinski definition) is 5. The lowest BCUT2D eigenvalue weighted by atomic mass is 9.81. The molecule has 0 saturated carbocycles. The molecule has 5 nitrogen and oxygen atoms in total. The summed E-state index contributed by atoms with van der Waals surface area (Å²) in [4.78, 5) is 15.7. The molecule has 1 aromatic heterocycles. The quantitative estimate of drug-likeness (QED) is 0.166. The zero-order valence-corrected chi connectivity index (χ0v) is 27.3. The number of rotatable bonds is 16. The average Bonchev–Trinajstić information content (AvgIpc) is 3.65. The van der Waals surface area contributed by atoms with E-state index < -0.39 is 0 Å². The zero-order chi connectivity index (χ0) is 30.8. The van der Waals surface area contributed by atoms with Crippen LogP contribution in [0, 0.1) is 0 Å². The van der Waals surface area contributed by atoms with Gasteiger partial charge < -0.3 is 9.47 Å². The van der Waals surface area contributed by atoms with E-state index >= 15 is 0 Å². The van der Waals surface area contributed by atoms with Gasteiger partial charge in [-0.05, 0) is 74.6 Å². The summed E-state index contributed by atoms with van der Waals surface area (Å²) in [5, 5.41) is 0. The average molecular weight is 594 g/mol. The monoisotopic (exact) mass is 593 g/mol. The summed E-state index contributed by atoms with van der Waals surface area (Å²) < 4.78 is 13.9. The van der Waals surface area contributed by atoms with Gasteiger partial charge in [0.05, 0.1) is 0 Å². The van der Waals surface area contributed by atoms with Crippen LogP contribution in [-0.4, -0.2) is 28.0 Å². The highest BCUT2D eigenvalue weighted by Crippen LogP contribution is 2.47. The first-order valence-corrected chi connectivity index (χ1v) is 17.2. The first-order valence-electron chi connectivity index (χ1n) is 17.2. The van der Waals surface area contributed by atoms with Crippen molar-refractivity contribution in [1.82, 2.24) is 4.98 Å². The number of aliphatic imine (C=N–C) groups is 2. The second-order valence-corrected chi connectivity index (χ2v) is 12.7. The van der Waals surface area contributed by atoms with Gasteiger partial charge in [0.15, 0.2) is 0 Å². The summed E-state index contributed by atoms with van der Waals surface area (Å²) in [6.45, 7) is 9.00. The van der Waals surface area contributed by atoms with Crippen LogP contribution < -0.4 is 0 Å². The fourth-order valence-corrected chi connectivity index (χ4v) is 6.86. The molecule has 0 saturated heterocycles. The molecule has 3 aromatic rings. The van der Waals surface area contributed by atoms with Crippen LogP contribution in [0.5, 0.6) is 0 Å². The van der Waals surface area contributed by atoms with Crippen LogP contribution in [0.4, 0.5) is 0 Å². The molecule has 0 radical (unpaired) electrons. The Morgan fingerprint density at radius 1 is 0.500 bits per heavy atom. The molecular weight excluding hydrogens is 542 g/mol. The van der Waals surface area contributed by atoms with Gasteiger partial charge in [-0.3, -0.25) is 0 Å². The van der Waals surface area contributed by atoms with E-state index in [1.165, 1.54) is 11.1 Å². The van der Waals surface area contributed by atoms with Crippen molar-refractivity contribution in [2.24, 2.45) is 9.98 Å². The van der Waals surface area contributed by atoms with E-state index in [-0.39, 0.29) is 23.3 Å². The van der Waals surface area contributed by atoms with Gasteiger partial charge >= 0.3 is 0 Å². The van der Waals surface area contributed by atoms with E-state index in [9.17, 15) is 0 Å². The number of pyridine rings is 1. The minimum absolute atomic E-state index is 0.0551. The van der Waals surface area contributed by atoms with Gasteiger partial charge in [-0.25, -0.2) is 15.0 Å². The van der Waals surface area contributed by atoms with E-state index in [1.807, 2.05) is 18.2 Å². The second kappa shape index (κ2) is 15.0. The van der Waals surface area contributed by atoms with Gasteiger partial charge in [0.2, 0.25) is 11.8 Å². The van der Waals surface area contributed by atoms with Crippen LogP contribution in [-0.2, 0) is 9.47 Å². The van der Waals surface area contributed by atoms with Crippen LogP contribution in [0.3, 0.4) is 0 Å². The number of unbranched alkanes of at least 4 members (excludes halogenated alkanes) is 4. The predicted molar refractivity (Wildman–Crippen MR) is 181 cm³/mol. The van der Waals surface area contributed by atoms with Gasteiger partial charge in [0.1, 0.15) is 34.7 Å². The fraction of sp³-hybridized carbons (Fsp3) is 0.513. The number of aromatic nitrogens is 1. The molecule has 44 heavy (non-hydrogen) atoms. The highest BCUT2D eigenvalue weighted by Gasteiger charge is 2.48. The highest BCUT2D eigenvalue weighted by atomic mass is 16.5. The Hall–Kier alpha value is -3.47. The first-order chi connectivity index (χ1) is 21.6. The van der Waals surface area contributed by atoms with Crippen molar-refractivity contribution >= 4 is 11.8 Å². The van der Waals surface area contributed by atoms with Gasteiger partial charge in [0, 0.05) is 0 Å². The second-order valence-electron chi connectivity index (χ2n) is 12.7. The Morgan fingerprint density at radius 2 is 0.864 bits per heavy atom. The normalized spacial score (nSPS) is 20.1. The Morgan fingerprint density at radius 3 is 1.20 bits per heavy atom. The molecule has 0 bridgehead atoms. The Bertz CT molecular complexity index is 1270. The number of ether oxygens (including phenoxy) is 2. The molecule has 5 rings (SSSR count). The maximum Gasteiger partial charge on any atom is 0.236 e. The number of nitrogens with zero attached hydrogens (tertiary/aromatic N) is 3. The maximum atomic E-state index is 6.97. The lowest BCUT2D eigenvalue weighted by Crippen LogP contribution is -2.36. The molecule has 0 aliphatic carbocycles. The SMILES string of the molecule is CCCCC1(CCCC)OC(c2cccc(C3=N[C@H](c4ccccc4)C(CCCC)(CCCC)O3)n2)=N[C@@H]1c1ccccc1. The molecule has 234 valence electrons. The topological polar surface area (TPSA) is 56.1 Å². The molecule has 0 unspecified atom stereocenters. The largest absolute Gasteiger partial charge is 0.467 e. The van der Waals surface area contributed by atoms with Crippen molar-refractivity contribution in [2.75, 3.05) is 0 Å². The van der Waals surface area contributed by atoms with Crippen LogP contribution in [0.15, 0.2) is 88.8 Å². The Balaban J connectivity index is 1.51. The molecule has 0 N–H and O–H groups in total. The van der Waals surface area contributed by atoms with Crippen LogP contribution in [0.1, 0.15) is 139 Å². The third-order valence-corrected chi connectivity index (χ3v) is 9.32. The summed E-state index contributed by atoms with van der Waals surface area (Å²) in [6, 6.07) is 27.3. The standard InChI is InChI=1S/C39H51N3O2/c1-5-9-26-38(27-10-6-2)34(30-20-15-13-16-21-30)41-36(43-38)32-24-19-25-33(40-32)37-42-35(31-22-17-14-18-23-31)39(44-37,28-11-7-3)29-12-8-4/h13-25,34-35H,5-12,26-29H2,1-4H3/t34-,35-/m1/s1. The van der Waals surface area contributed by atoms with E-state index in [1.54, 1.807) is 0 Å². The zero-order valence-electron chi connectivity index (χ0n) is 27.3. The maximum absolute atomic E-state index is 6.97. The van der Waals surface area contributed by atoms with E-state index in [0.29, 0.717) is 11.8 Å². The Labute approximate surface area is 265 Å². The van der Waals surface area contributed by atoms with E-state index in [2.05, 4.69) is 88.4 Å². The molecule has 3 heterocycles. The summed E-state index contributed by atoms with van der Waals surface area (Å²) >= 11 is 0. The molecule has 0 fully saturated rings. The van der Waals surface area contributed by atoms with Gasteiger partial charge in [0.25, 0.3) is 0 Å². The molecule has 0 amide bonds. The number of benzene rings is 2. The fourth-order valence-electron chi connectivity index (χ4n) is 6.86. The molecule has 2 atom stereocenters. The summed E-state index contributed by atoms with van der Waals surface area (Å²) in [5.41, 5.74) is 3.18. The highest BCUT2D eigenvalue weighted by molar-refractivity contribution is 5.98. The van der Waals surface area contributed by atoms with Crippen molar-refractivity contribution in [3.63, 3.8) is 0 Å². The molecule has 2 aliphatic rings. The minimum Gasteiger partial charge on any atom is -0.467 e. The van der Waals surface area contributed by atoms with Crippen molar-refractivity contribution in [3.05, 3.63) is 101 Å². The van der Waals surface area contributed by atoms with E-state index in [0.717, 1.165) is 88.4 Å². The van der Waals surface area contributed by atoms with Crippen LogP contribution in [0.25, 0.3) is 0 Å². The third kappa shape index (κ3) is 6.92. The lowest BCUT2D eigenvalue weighted by molar-refractivity contribution is 0.0324. The van der Waals surface area contributed by atoms with Gasteiger partial charge in [-0.15, -0.1) is 0 Å². The molecule has 2 aliphatic heterocycles. The minimum atomic E-state index is -0.365. The summed E-state index contributed by atoms with van der Waals surface area (Å²) in [7, 11) is 0. The van der Waals surface area contributed by atoms with Crippen molar-refractivity contribution in [1.29, 1.82) is 0 Å². The smallest absolute Gasteiger partial charge is 0.236 e. The van der Waals surface area contributed by atoms with E-state index in [4.69, 9.17) is 24.4 Å². The van der Waals surface area contributed by atoms with Crippen LogP contribution >= 0.6 is 0 Å².